The summed E-state index contributed by atoms with van der Waals surface area (Å²) in [6, 6.07) is 1.84. The lowest BCUT2D eigenvalue weighted by Crippen LogP contribution is -2.37. The Balaban J connectivity index is 1.60. The molecule has 4 rings (SSSR count). The highest BCUT2D eigenvalue weighted by molar-refractivity contribution is 6.29. The quantitative estimate of drug-likeness (QED) is 0.774. The molecule has 1 aromatic heterocycles. The van der Waals surface area contributed by atoms with E-state index < -0.39 is 0 Å². The highest BCUT2D eigenvalue weighted by Crippen LogP contribution is 2.26. The van der Waals surface area contributed by atoms with Crippen molar-refractivity contribution in [2.75, 3.05) is 55.7 Å². The van der Waals surface area contributed by atoms with Crippen LogP contribution in [-0.4, -0.2) is 61.6 Å². The smallest absolute Gasteiger partial charge is 0.228 e. The summed E-state index contributed by atoms with van der Waals surface area (Å²) in [7, 11) is 0. The third kappa shape index (κ3) is 2.68. The van der Waals surface area contributed by atoms with Gasteiger partial charge < -0.3 is 14.5 Å². The van der Waals surface area contributed by atoms with E-state index in [1.807, 2.05) is 6.07 Å². The molecule has 2 saturated heterocycles. The number of fused-ring (bicyclic) bond motifs is 1. The summed E-state index contributed by atoms with van der Waals surface area (Å²) < 4.78 is 5.38. The molecule has 0 atom stereocenters. The monoisotopic (exact) mass is 319 g/mol. The fourth-order valence-electron chi connectivity index (χ4n) is 3.03. The Morgan fingerprint density at radius 2 is 1.95 bits per heavy atom. The molecule has 3 aliphatic heterocycles. The van der Waals surface area contributed by atoms with Crippen LogP contribution in [0, 0.1) is 0 Å². The molecule has 0 aliphatic carbocycles. The minimum atomic E-state index is 0.484. The number of rotatable bonds is 2. The van der Waals surface area contributed by atoms with Crippen molar-refractivity contribution < 1.29 is 4.74 Å². The number of hydrogen-bond acceptors (Lipinski definition) is 6. The zero-order valence-corrected chi connectivity index (χ0v) is 13.1. The molecule has 2 fully saturated rings. The maximum absolute atomic E-state index is 6.22. The van der Waals surface area contributed by atoms with Gasteiger partial charge in [-0.1, -0.05) is 17.7 Å². The van der Waals surface area contributed by atoms with Crippen molar-refractivity contribution in [2.45, 2.75) is 6.42 Å². The number of aromatic nitrogens is 2. The Bertz CT molecular complexity index is 617. The van der Waals surface area contributed by atoms with Crippen molar-refractivity contribution in [3.63, 3.8) is 0 Å². The number of hydrogen-bond donors (Lipinski definition) is 0. The number of dihydropyridines is 1. The number of ether oxygens (including phenoxy) is 1. The average Bonchev–Trinajstić information content (AvgIpc) is 2.99. The topological polar surface area (TPSA) is 53.9 Å². The number of morpholine rings is 1. The molecule has 0 aromatic carbocycles. The van der Waals surface area contributed by atoms with Crippen LogP contribution in [-0.2, 0) is 4.74 Å². The van der Waals surface area contributed by atoms with E-state index in [0.29, 0.717) is 24.3 Å². The minimum Gasteiger partial charge on any atom is -0.378 e. The molecule has 3 aliphatic rings. The van der Waals surface area contributed by atoms with E-state index in [9.17, 15) is 0 Å². The van der Waals surface area contributed by atoms with Gasteiger partial charge in [-0.05, 0) is 12.0 Å². The molecule has 0 unspecified atom stereocenters. The fraction of sp³-hybridized carbons (Fsp3) is 0.533. The molecule has 6 nitrogen and oxygen atoms in total. The van der Waals surface area contributed by atoms with E-state index in [-0.39, 0.29) is 0 Å². The first-order valence-corrected chi connectivity index (χ1v) is 8.02. The molecule has 0 radical (unpaired) electrons. The lowest BCUT2D eigenvalue weighted by molar-refractivity contribution is 0.122. The Labute approximate surface area is 134 Å². The van der Waals surface area contributed by atoms with Crippen LogP contribution in [0.15, 0.2) is 22.7 Å². The lowest BCUT2D eigenvalue weighted by atomic mass is 10.1. The van der Waals surface area contributed by atoms with Gasteiger partial charge in [0.05, 0.1) is 25.5 Å². The number of anilines is 2. The first-order valence-electron chi connectivity index (χ1n) is 7.64. The normalized spacial score (nSPS) is 21.5. The van der Waals surface area contributed by atoms with Gasteiger partial charge in [-0.2, -0.15) is 4.98 Å². The molecule has 0 bridgehead atoms. The maximum Gasteiger partial charge on any atom is 0.228 e. The predicted molar refractivity (Wildman–Crippen MR) is 87.3 cm³/mol. The second-order valence-corrected chi connectivity index (χ2v) is 6.04. The highest BCUT2D eigenvalue weighted by atomic mass is 35.5. The number of halogens is 1. The van der Waals surface area contributed by atoms with Gasteiger partial charge >= 0.3 is 0 Å². The molecular formula is C15H18ClN5O. The molecule has 22 heavy (non-hydrogen) atoms. The van der Waals surface area contributed by atoms with Crippen LogP contribution >= 0.6 is 11.6 Å². The van der Waals surface area contributed by atoms with Crippen LogP contribution in [0.25, 0.3) is 0 Å². The van der Waals surface area contributed by atoms with E-state index in [0.717, 1.165) is 45.0 Å². The molecule has 0 saturated carbocycles. The van der Waals surface area contributed by atoms with Crippen LogP contribution in [0.5, 0.6) is 0 Å². The second kappa shape index (κ2) is 5.85. The standard InChI is InChI=1S/C15H18ClN5O/c16-13-8-14(19-15(18-13)20-4-6-22-7-5-20)21-9-11-2-1-3-17-12(11)10-21/h2,8H,1,3-7,9-10H2. The molecule has 0 amide bonds. The SMILES string of the molecule is Clc1cc(N2CC3=CCCN=C3C2)nc(N2CCOCC2)n1. The average molecular weight is 320 g/mol. The van der Waals surface area contributed by atoms with Crippen molar-refractivity contribution in [3.8, 4) is 0 Å². The van der Waals surface area contributed by atoms with E-state index in [1.54, 1.807) is 0 Å². The largest absolute Gasteiger partial charge is 0.378 e. The Morgan fingerprint density at radius 3 is 2.77 bits per heavy atom. The van der Waals surface area contributed by atoms with Crippen molar-refractivity contribution in [1.29, 1.82) is 0 Å². The second-order valence-electron chi connectivity index (χ2n) is 5.65. The Hall–Kier alpha value is -1.66. The van der Waals surface area contributed by atoms with Crippen molar-refractivity contribution >= 4 is 29.1 Å². The van der Waals surface area contributed by atoms with E-state index in [2.05, 4.69) is 25.9 Å². The Kier molecular flexibility index (Phi) is 3.72. The summed E-state index contributed by atoms with van der Waals surface area (Å²) in [5.41, 5.74) is 2.52. The third-order valence-corrected chi connectivity index (χ3v) is 4.38. The highest BCUT2D eigenvalue weighted by Gasteiger charge is 2.26. The molecule has 0 spiro atoms. The van der Waals surface area contributed by atoms with Gasteiger partial charge in [0.25, 0.3) is 0 Å². The number of nitrogens with zero attached hydrogens (tertiary/aromatic N) is 5. The molecule has 7 heteroatoms. The zero-order valence-electron chi connectivity index (χ0n) is 12.3. The molecule has 0 N–H and O–H groups in total. The maximum atomic E-state index is 6.22. The summed E-state index contributed by atoms with van der Waals surface area (Å²) in [5, 5.41) is 0.484. The molecule has 116 valence electrons. The fourth-order valence-corrected chi connectivity index (χ4v) is 3.20. The van der Waals surface area contributed by atoms with E-state index in [4.69, 9.17) is 21.3 Å². The summed E-state index contributed by atoms with van der Waals surface area (Å²) in [6.07, 6.45) is 3.32. The van der Waals surface area contributed by atoms with Crippen molar-refractivity contribution in [1.82, 2.24) is 9.97 Å². The van der Waals surface area contributed by atoms with Gasteiger partial charge in [-0.3, -0.25) is 4.99 Å². The summed E-state index contributed by atoms with van der Waals surface area (Å²) in [4.78, 5) is 18.0. The summed E-state index contributed by atoms with van der Waals surface area (Å²) >= 11 is 6.22. The first kappa shape index (κ1) is 14.0. The first-order chi connectivity index (χ1) is 10.8. The van der Waals surface area contributed by atoms with Crippen molar-refractivity contribution in [3.05, 3.63) is 22.9 Å². The zero-order chi connectivity index (χ0) is 14.9. The van der Waals surface area contributed by atoms with Crippen LogP contribution in [0.1, 0.15) is 6.42 Å². The summed E-state index contributed by atoms with van der Waals surface area (Å²) in [6.45, 7) is 5.58. The third-order valence-electron chi connectivity index (χ3n) is 4.18. The lowest BCUT2D eigenvalue weighted by Gasteiger charge is -2.27. The van der Waals surface area contributed by atoms with E-state index >= 15 is 0 Å². The van der Waals surface area contributed by atoms with Gasteiger partial charge in [0.2, 0.25) is 5.95 Å². The molecular weight excluding hydrogens is 302 g/mol. The molecule has 4 heterocycles. The van der Waals surface area contributed by atoms with Crippen molar-refractivity contribution in [2.24, 2.45) is 4.99 Å². The van der Waals surface area contributed by atoms with Gasteiger partial charge in [-0.15, -0.1) is 0 Å². The van der Waals surface area contributed by atoms with Crippen LogP contribution in [0.3, 0.4) is 0 Å². The van der Waals surface area contributed by atoms with Gasteiger partial charge in [0, 0.05) is 32.2 Å². The van der Waals surface area contributed by atoms with Crippen LogP contribution < -0.4 is 9.80 Å². The molecule has 1 aromatic rings. The van der Waals surface area contributed by atoms with Gasteiger partial charge in [-0.25, -0.2) is 4.98 Å². The van der Waals surface area contributed by atoms with E-state index in [1.165, 1.54) is 11.3 Å². The van der Waals surface area contributed by atoms with Gasteiger partial charge in [0.15, 0.2) is 0 Å². The minimum absolute atomic E-state index is 0.484. The summed E-state index contributed by atoms with van der Waals surface area (Å²) in [5.74, 6) is 1.57. The predicted octanol–water partition coefficient (Wildman–Crippen LogP) is 1.56. The Morgan fingerprint density at radius 1 is 1.09 bits per heavy atom. The number of aliphatic imine (C=N–C) groups is 1. The van der Waals surface area contributed by atoms with Crippen LogP contribution in [0.2, 0.25) is 5.15 Å². The van der Waals surface area contributed by atoms with Gasteiger partial charge in [0.1, 0.15) is 11.0 Å². The van der Waals surface area contributed by atoms with Crippen LogP contribution in [0.4, 0.5) is 11.8 Å².